The van der Waals surface area contributed by atoms with E-state index in [9.17, 15) is 26.7 Å². The third kappa shape index (κ3) is 19.9. The maximum absolute atomic E-state index is 13.5. The van der Waals surface area contributed by atoms with Crippen LogP contribution in [0.4, 0.5) is 67.2 Å². The summed E-state index contributed by atoms with van der Waals surface area (Å²) in [6.07, 6.45) is -0.704. The number of rotatable bonds is 5. The zero-order chi connectivity index (χ0) is 48.7. The first-order valence-corrected chi connectivity index (χ1v) is 20.5. The largest absolute Gasteiger partial charge is 0.444 e. The van der Waals surface area contributed by atoms with E-state index in [0.717, 1.165) is 0 Å². The molecule has 63 heavy (non-hydrogen) atoms. The van der Waals surface area contributed by atoms with E-state index >= 15 is 0 Å². The normalized spacial score (nSPS) is 10.3. The summed E-state index contributed by atoms with van der Waals surface area (Å²) in [4.78, 5) is 36.0. The molecule has 5 N–H and O–H groups in total. The quantitative estimate of drug-likeness (QED) is 0.0865. The third-order valence-corrected chi connectivity index (χ3v) is 9.60. The van der Waals surface area contributed by atoms with E-state index in [1.165, 1.54) is 30.3 Å². The molecule has 0 saturated heterocycles. The number of nitrogen functional groups attached to an aromatic ring is 2. The molecule has 14 nitrogen and oxygen atoms in total. The standard InChI is InChI=1S/C12H17ClFN3O2.C7H7ClFIN2.C7H9ClFN3.C7H8ClFN2.C5H4ClFN2/c1-12(2,3)19-11(18)15-7-6-8(17(4)5)16-10(14)9(7)13;2*1-12(2)5-3-4(10)6(8)7(9)11-5;1-11(2)6-4-3-5(8)7(9)10-6;6-3-1-2-4(8)9-5(3)7/h6H,1-5H3,(H,15,16,18);3H,1-2H3;3H,1-2H3,(H2,10,11);3-4H,1-2H3;1-2H,(H2,8,9). The van der Waals surface area contributed by atoms with Gasteiger partial charge in [-0.3, -0.25) is 5.32 Å². The highest BCUT2D eigenvalue weighted by atomic mass is 127. The first-order valence-electron chi connectivity index (χ1n) is 17.5. The average Bonchev–Trinajstić information content (AvgIpc) is 3.17. The van der Waals surface area contributed by atoms with Crippen LogP contribution in [0, 0.1) is 33.3 Å². The lowest BCUT2D eigenvalue weighted by Crippen LogP contribution is -2.27. The van der Waals surface area contributed by atoms with Crippen molar-refractivity contribution >= 4 is 127 Å². The van der Waals surface area contributed by atoms with Crippen LogP contribution in [-0.4, -0.2) is 93.0 Å². The lowest BCUT2D eigenvalue weighted by atomic mass is 10.2. The Balaban J connectivity index is 0.000000403. The molecule has 5 heterocycles. The van der Waals surface area contributed by atoms with Crippen LogP contribution in [0.5, 0.6) is 0 Å². The third-order valence-electron chi connectivity index (χ3n) is 6.78. The van der Waals surface area contributed by atoms with E-state index in [2.05, 4.69) is 30.2 Å². The van der Waals surface area contributed by atoms with Gasteiger partial charge < -0.3 is 35.8 Å². The van der Waals surface area contributed by atoms with Crippen LogP contribution in [-0.2, 0) is 4.74 Å². The Labute approximate surface area is 401 Å². The number of carbonyl (C=O) groups excluding carboxylic acids is 1. The molecular weight excluding hydrogens is 1060 g/mol. The molecule has 5 rings (SSSR count). The molecule has 0 spiro atoms. The molecule has 0 radical (unpaired) electrons. The summed E-state index contributed by atoms with van der Waals surface area (Å²) >= 11 is 29.5. The monoisotopic (exact) mass is 1100 g/mol. The van der Waals surface area contributed by atoms with Gasteiger partial charge in [0.05, 0.1) is 21.4 Å². The summed E-state index contributed by atoms with van der Waals surface area (Å²) in [5, 5.41) is 2.15. The van der Waals surface area contributed by atoms with Gasteiger partial charge >= 0.3 is 6.09 Å². The van der Waals surface area contributed by atoms with Gasteiger partial charge in [0.2, 0.25) is 29.7 Å². The molecule has 5 aromatic heterocycles. The van der Waals surface area contributed by atoms with E-state index in [1.807, 2.05) is 22.6 Å². The number of nitrogens with one attached hydrogen (secondary N) is 1. The Morgan fingerprint density at radius 1 is 0.587 bits per heavy atom. The molecule has 0 saturated carbocycles. The number of halogens is 11. The van der Waals surface area contributed by atoms with Gasteiger partial charge in [-0.25, -0.2) is 29.7 Å². The van der Waals surface area contributed by atoms with Gasteiger partial charge in [-0.15, -0.1) is 0 Å². The molecule has 0 aliphatic rings. The second kappa shape index (κ2) is 25.8. The van der Waals surface area contributed by atoms with Crippen LogP contribution in [0.15, 0.2) is 42.5 Å². The van der Waals surface area contributed by atoms with Gasteiger partial charge in [-0.2, -0.15) is 22.0 Å². The minimum atomic E-state index is -0.848. The molecule has 0 fully saturated rings. The van der Waals surface area contributed by atoms with E-state index < -0.39 is 41.4 Å². The Morgan fingerprint density at radius 2 is 0.984 bits per heavy atom. The number of ether oxygens (including phenoxy) is 1. The molecule has 0 aromatic carbocycles. The second-order valence-electron chi connectivity index (χ2n) is 14.0. The van der Waals surface area contributed by atoms with Crippen LogP contribution in [0.25, 0.3) is 0 Å². The second-order valence-corrected chi connectivity index (χ2v) is 17.1. The molecule has 0 aliphatic carbocycles. The molecule has 0 atom stereocenters. The van der Waals surface area contributed by atoms with Crippen molar-refractivity contribution in [3.05, 3.63) is 101 Å². The number of anilines is 7. The molecule has 25 heteroatoms. The van der Waals surface area contributed by atoms with E-state index in [4.69, 9.17) is 74.2 Å². The van der Waals surface area contributed by atoms with Crippen molar-refractivity contribution in [2.24, 2.45) is 0 Å². The van der Waals surface area contributed by atoms with Crippen molar-refractivity contribution in [1.29, 1.82) is 0 Å². The Hall–Kier alpha value is -4.35. The van der Waals surface area contributed by atoms with Crippen molar-refractivity contribution in [3.63, 3.8) is 0 Å². The highest BCUT2D eigenvalue weighted by molar-refractivity contribution is 14.1. The van der Waals surface area contributed by atoms with Crippen molar-refractivity contribution < 1.29 is 31.5 Å². The van der Waals surface area contributed by atoms with Crippen LogP contribution < -0.4 is 36.4 Å². The summed E-state index contributed by atoms with van der Waals surface area (Å²) in [6.45, 7) is 5.19. The summed E-state index contributed by atoms with van der Waals surface area (Å²) in [5.74, 6) is -1.49. The topological polar surface area (TPSA) is 168 Å². The molecule has 0 unspecified atom stereocenters. The van der Waals surface area contributed by atoms with Crippen LogP contribution >= 0.6 is 80.6 Å². The summed E-state index contributed by atoms with van der Waals surface area (Å²) in [6, 6.07) is 10.7. The fourth-order valence-electron chi connectivity index (χ4n) is 3.73. The zero-order valence-corrected chi connectivity index (χ0v) is 41.6. The summed E-state index contributed by atoms with van der Waals surface area (Å²) in [7, 11) is 14.1. The molecule has 5 aromatic rings. The van der Waals surface area contributed by atoms with Gasteiger partial charge in [0, 0.05) is 72.1 Å². The van der Waals surface area contributed by atoms with Gasteiger partial charge in [0.25, 0.3) is 0 Å². The van der Waals surface area contributed by atoms with Crippen molar-refractivity contribution in [1.82, 2.24) is 24.9 Å². The first kappa shape index (κ1) is 56.7. The number of nitrogens with two attached hydrogens (primary N) is 2. The highest BCUT2D eigenvalue weighted by Crippen LogP contribution is 2.29. The molecule has 0 aliphatic heterocycles. The van der Waals surface area contributed by atoms with E-state index in [0.29, 0.717) is 26.8 Å². The van der Waals surface area contributed by atoms with Crippen LogP contribution in [0.2, 0.25) is 25.1 Å². The lowest BCUT2D eigenvalue weighted by molar-refractivity contribution is 0.0636. The van der Waals surface area contributed by atoms with Crippen LogP contribution in [0.3, 0.4) is 0 Å². The number of amides is 1. The smallest absolute Gasteiger partial charge is 0.412 e. The van der Waals surface area contributed by atoms with Crippen molar-refractivity contribution in [3.8, 4) is 0 Å². The zero-order valence-electron chi connectivity index (χ0n) is 35.7. The fourth-order valence-corrected chi connectivity index (χ4v) is 4.78. The van der Waals surface area contributed by atoms with Gasteiger partial charge in [0.1, 0.15) is 49.8 Å². The Morgan fingerprint density at radius 3 is 1.38 bits per heavy atom. The average molecular weight is 1100 g/mol. The minimum absolute atomic E-state index is 0.01000. The fraction of sp³-hybridized carbons (Fsp3) is 0.316. The molecular formula is C38H45Cl5F5IN12O2. The number of hydrogen-bond acceptors (Lipinski definition) is 13. The molecule has 1 amide bonds. The highest BCUT2D eigenvalue weighted by Gasteiger charge is 2.19. The Bertz CT molecular complexity index is 2210. The van der Waals surface area contributed by atoms with Gasteiger partial charge in [-0.1, -0.05) is 58.0 Å². The van der Waals surface area contributed by atoms with Crippen LogP contribution in [0.1, 0.15) is 20.8 Å². The molecule has 346 valence electrons. The van der Waals surface area contributed by atoms with E-state index in [-0.39, 0.29) is 42.3 Å². The summed E-state index contributed by atoms with van der Waals surface area (Å²) in [5.41, 5.74) is 10.2. The Kier molecular flexibility index (Phi) is 23.2. The predicted molar refractivity (Wildman–Crippen MR) is 255 cm³/mol. The maximum atomic E-state index is 13.5. The minimum Gasteiger partial charge on any atom is -0.444 e. The summed E-state index contributed by atoms with van der Waals surface area (Å²) < 4.78 is 70.0. The van der Waals surface area contributed by atoms with Gasteiger partial charge in [-0.05, 0) is 73.7 Å². The first-order chi connectivity index (χ1) is 28.9. The molecule has 0 bridgehead atoms. The maximum Gasteiger partial charge on any atom is 0.412 e. The SMILES string of the molecule is CN(C)c1cc(I)c(Cl)c(F)n1.CN(C)c1cc(N)c(Cl)c(F)n1.CN(C)c1cc(NC(=O)OC(C)(C)C)c(Cl)c(F)n1.CN(C)c1ccc(Cl)c(F)n1.Nc1ccc(Cl)c(F)n1. The number of nitrogens with zero attached hydrogens (tertiary/aromatic N) is 9. The lowest BCUT2D eigenvalue weighted by Gasteiger charge is -2.20. The number of pyridine rings is 5. The number of hydrogen-bond donors (Lipinski definition) is 3. The predicted octanol–water partition coefficient (Wildman–Crippen LogP) is 10.8. The van der Waals surface area contributed by atoms with Crippen molar-refractivity contribution in [2.75, 3.05) is 92.8 Å². The van der Waals surface area contributed by atoms with Gasteiger partial charge in [0.15, 0.2) is 0 Å². The number of aromatic nitrogens is 5. The number of carbonyl (C=O) groups is 1. The van der Waals surface area contributed by atoms with E-state index in [1.54, 1.807) is 109 Å². The van der Waals surface area contributed by atoms with Crippen molar-refractivity contribution in [2.45, 2.75) is 26.4 Å².